The number of hydrazine groups is 1. The van der Waals surface area contributed by atoms with Gasteiger partial charge in [-0.15, -0.1) is 0 Å². The van der Waals surface area contributed by atoms with Gasteiger partial charge < -0.3 is 0 Å². The highest BCUT2D eigenvalue weighted by Gasteiger charge is 2.35. The Labute approximate surface area is 132 Å². The number of hydrogen-bond acceptors (Lipinski definition) is 4. The normalized spacial score (nSPS) is 28.6. The van der Waals surface area contributed by atoms with Crippen LogP contribution in [0.25, 0.3) is 0 Å². The van der Waals surface area contributed by atoms with Crippen LogP contribution in [0, 0.1) is 5.92 Å². The van der Waals surface area contributed by atoms with Crippen LogP contribution in [0.15, 0.2) is 29.2 Å². The van der Waals surface area contributed by atoms with E-state index in [9.17, 15) is 21.6 Å². The third-order valence-electron chi connectivity index (χ3n) is 4.46. The van der Waals surface area contributed by atoms with Gasteiger partial charge in [-0.2, -0.15) is 13.2 Å². The Balaban J connectivity index is 1.69. The third kappa shape index (κ3) is 3.68. The molecular weight excluding hydrogens is 331 g/mol. The number of halogens is 3. The van der Waals surface area contributed by atoms with Gasteiger partial charge in [-0.1, -0.05) is 0 Å². The summed E-state index contributed by atoms with van der Waals surface area (Å²) < 4.78 is 64.9. The van der Waals surface area contributed by atoms with E-state index >= 15 is 0 Å². The number of hydrogen-bond donors (Lipinski definition) is 3. The molecule has 128 valence electrons. The van der Waals surface area contributed by atoms with E-state index in [-0.39, 0.29) is 17.0 Å². The van der Waals surface area contributed by atoms with Gasteiger partial charge in [0, 0.05) is 18.6 Å². The molecule has 1 aliphatic carbocycles. The van der Waals surface area contributed by atoms with E-state index in [1.54, 1.807) is 0 Å². The van der Waals surface area contributed by atoms with E-state index in [2.05, 4.69) is 15.6 Å². The Morgan fingerprint density at radius 1 is 1.13 bits per heavy atom. The zero-order valence-electron chi connectivity index (χ0n) is 12.2. The standard InChI is InChI=1S/C14H18F3N3O2S/c15-14(16,17)10-2-5-12(6-3-10)23(21,22)20-11-4-1-9-8-18-19-13(9)7-11/h2-3,5-6,9,11,13,18-20H,1,4,7-8H2. The van der Waals surface area contributed by atoms with Crippen molar-refractivity contribution in [1.29, 1.82) is 0 Å². The molecule has 1 aromatic rings. The van der Waals surface area contributed by atoms with Gasteiger partial charge in [0.15, 0.2) is 0 Å². The molecule has 0 radical (unpaired) electrons. The van der Waals surface area contributed by atoms with Crippen molar-refractivity contribution in [3.05, 3.63) is 29.8 Å². The van der Waals surface area contributed by atoms with Crippen LogP contribution in [0.5, 0.6) is 0 Å². The van der Waals surface area contributed by atoms with E-state index < -0.39 is 21.8 Å². The second-order valence-electron chi connectivity index (χ2n) is 6.05. The molecule has 3 atom stereocenters. The van der Waals surface area contributed by atoms with E-state index in [1.807, 2.05) is 0 Å². The van der Waals surface area contributed by atoms with Crippen molar-refractivity contribution >= 4 is 10.0 Å². The molecule has 0 bridgehead atoms. The van der Waals surface area contributed by atoms with E-state index in [1.165, 1.54) is 0 Å². The summed E-state index contributed by atoms with van der Waals surface area (Å²) in [5.74, 6) is 0.502. The first kappa shape index (κ1) is 16.7. The van der Waals surface area contributed by atoms with Crippen LogP contribution in [0.4, 0.5) is 13.2 Å². The van der Waals surface area contributed by atoms with E-state index in [0.29, 0.717) is 12.3 Å². The minimum absolute atomic E-state index is 0.148. The zero-order valence-corrected chi connectivity index (χ0v) is 13.0. The Morgan fingerprint density at radius 2 is 1.83 bits per heavy atom. The van der Waals surface area contributed by atoms with Crippen LogP contribution < -0.4 is 15.6 Å². The molecule has 5 nitrogen and oxygen atoms in total. The number of alkyl halides is 3. The van der Waals surface area contributed by atoms with Gasteiger partial charge in [0.2, 0.25) is 10.0 Å². The maximum absolute atomic E-state index is 12.5. The van der Waals surface area contributed by atoms with Gasteiger partial charge in [-0.3, -0.25) is 10.9 Å². The molecule has 2 fully saturated rings. The third-order valence-corrected chi connectivity index (χ3v) is 6.00. The van der Waals surface area contributed by atoms with Crippen molar-refractivity contribution in [3.63, 3.8) is 0 Å². The number of sulfonamides is 1. The lowest BCUT2D eigenvalue weighted by atomic mass is 9.83. The van der Waals surface area contributed by atoms with Gasteiger partial charge in [0.1, 0.15) is 0 Å². The summed E-state index contributed by atoms with van der Waals surface area (Å²) in [7, 11) is -3.82. The van der Waals surface area contributed by atoms with Crippen molar-refractivity contribution < 1.29 is 21.6 Å². The van der Waals surface area contributed by atoms with Crippen LogP contribution >= 0.6 is 0 Å². The Bertz CT molecular complexity index is 661. The van der Waals surface area contributed by atoms with Gasteiger partial charge in [-0.05, 0) is 49.4 Å². The lowest BCUT2D eigenvalue weighted by Gasteiger charge is -2.31. The number of nitrogens with one attached hydrogen (secondary N) is 3. The van der Waals surface area contributed by atoms with Crippen LogP contribution in [-0.4, -0.2) is 27.0 Å². The zero-order chi connectivity index (χ0) is 16.7. The van der Waals surface area contributed by atoms with Crippen molar-refractivity contribution in [1.82, 2.24) is 15.6 Å². The van der Waals surface area contributed by atoms with Gasteiger partial charge in [0.05, 0.1) is 10.5 Å². The fourth-order valence-corrected chi connectivity index (χ4v) is 4.48. The van der Waals surface area contributed by atoms with Crippen LogP contribution in [-0.2, 0) is 16.2 Å². The maximum Gasteiger partial charge on any atom is 0.416 e. The van der Waals surface area contributed by atoms with Crippen LogP contribution in [0.1, 0.15) is 24.8 Å². The van der Waals surface area contributed by atoms with Crippen molar-refractivity contribution in [2.45, 2.75) is 42.4 Å². The quantitative estimate of drug-likeness (QED) is 0.776. The summed E-state index contributed by atoms with van der Waals surface area (Å²) in [4.78, 5) is -0.148. The lowest BCUT2D eigenvalue weighted by molar-refractivity contribution is -0.137. The monoisotopic (exact) mass is 349 g/mol. The smallest absolute Gasteiger partial charge is 0.257 e. The summed E-state index contributed by atoms with van der Waals surface area (Å²) in [6, 6.07) is 3.57. The summed E-state index contributed by atoms with van der Waals surface area (Å²) in [6.45, 7) is 0.878. The minimum atomic E-state index is -4.48. The number of rotatable bonds is 3. The predicted molar refractivity (Wildman–Crippen MR) is 77.8 cm³/mol. The molecule has 0 amide bonds. The number of benzene rings is 1. The first-order valence-electron chi connectivity index (χ1n) is 7.44. The average molecular weight is 349 g/mol. The van der Waals surface area contributed by atoms with E-state index in [4.69, 9.17) is 0 Å². The van der Waals surface area contributed by atoms with Crippen molar-refractivity contribution in [2.75, 3.05) is 6.54 Å². The molecule has 2 aliphatic rings. The lowest BCUT2D eigenvalue weighted by Crippen LogP contribution is -2.45. The molecular formula is C14H18F3N3O2S. The van der Waals surface area contributed by atoms with E-state index in [0.717, 1.165) is 43.7 Å². The Kier molecular flexibility index (Phi) is 4.39. The second kappa shape index (κ2) is 6.04. The van der Waals surface area contributed by atoms with Crippen LogP contribution in [0.3, 0.4) is 0 Å². The fraction of sp³-hybridized carbons (Fsp3) is 0.571. The summed E-state index contributed by atoms with van der Waals surface area (Å²) >= 11 is 0. The summed E-state index contributed by atoms with van der Waals surface area (Å²) in [5.41, 5.74) is 5.33. The molecule has 0 spiro atoms. The SMILES string of the molecule is O=S(=O)(NC1CCC2CNNC2C1)c1ccc(C(F)(F)F)cc1. The van der Waals surface area contributed by atoms with Gasteiger partial charge >= 0.3 is 6.18 Å². The first-order valence-corrected chi connectivity index (χ1v) is 8.92. The summed E-state index contributed by atoms with van der Waals surface area (Å²) in [6.07, 6.45) is -2.18. The highest BCUT2D eigenvalue weighted by Crippen LogP contribution is 2.30. The molecule has 3 N–H and O–H groups in total. The molecule has 23 heavy (non-hydrogen) atoms. The molecule has 1 heterocycles. The van der Waals surface area contributed by atoms with Crippen molar-refractivity contribution in [3.8, 4) is 0 Å². The highest BCUT2D eigenvalue weighted by atomic mass is 32.2. The van der Waals surface area contributed by atoms with Gasteiger partial charge in [-0.25, -0.2) is 13.1 Å². The highest BCUT2D eigenvalue weighted by molar-refractivity contribution is 7.89. The molecule has 0 aromatic heterocycles. The minimum Gasteiger partial charge on any atom is -0.257 e. The molecule has 3 unspecified atom stereocenters. The first-order chi connectivity index (χ1) is 10.8. The largest absolute Gasteiger partial charge is 0.416 e. The molecule has 3 rings (SSSR count). The Morgan fingerprint density at radius 3 is 2.48 bits per heavy atom. The molecule has 1 aromatic carbocycles. The van der Waals surface area contributed by atoms with Gasteiger partial charge in [0.25, 0.3) is 0 Å². The average Bonchev–Trinajstić information content (AvgIpc) is 2.93. The number of fused-ring (bicyclic) bond motifs is 1. The maximum atomic E-state index is 12.5. The van der Waals surface area contributed by atoms with Crippen LogP contribution in [0.2, 0.25) is 0 Å². The Hall–Kier alpha value is -1.16. The summed E-state index contributed by atoms with van der Waals surface area (Å²) in [5, 5.41) is 0. The topological polar surface area (TPSA) is 70.2 Å². The second-order valence-corrected chi connectivity index (χ2v) is 7.76. The molecule has 1 saturated carbocycles. The predicted octanol–water partition coefficient (Wildman–Crippen LogP) is 1.63. The molecule has 9 heteroatoms. The molecule has 1 saturated heterocycles. The fourth-order valence-electron chi connectivity index (χ4n) is 3.19. The van der Waals surface area contributed by atoms with Crippen molar-refractivity contribution in [2.24, 2.45) is 5.92 Å². The molecule has 1 aliphatic heterocycles.